The van der Waals surface area contributed by atoms with Crippen molar-refractivity contribution in [2.45, 2.75) is 44.4 Å². The highest BCUT2D eigenvalue weighted by molar-refractivity contribution is 7.99. The van der Waals surface area contributed by atoms with E-state index in [1.807, 2.05) is 55.5 Å². The van der Waals surface area contributed by atoms with Gasteiger partial charge in [0.25, 0.3) is 0 Å². The lowest BCUT2D eigenvalue weighted by Crippen LogP contribution is -2.20. The number of carbonyl (C=O) groups is 1. The van der Waals surface area contributed by atoms with E-state index >= 15 is 0 Å². The molecule has 0 aliphatic carbocycles. The van der Waals surface area contributed by atoms with Crippen LogP contribution in [-0.2, 0) is 17.6 Å². The van der Waals surface area contributed by atoms with Gasteiger partial charge in [-0.3, -0.25) is 0 Å². The van der Waals surface area contributed by atoms with Gasteiger partial charge in [-0.25, -0.2) is 9.97 Å². The van der Waals surface area contributed by atoms with Gasteiger partial charge in [0.1, 0.15) is 24.0 Å². The fourth-order valence-electron chi connectivity index (χ4n) is 3.24. The van der Waals surface area contributed by atoms with Crippen LogP contribution in [0.1, 0.15) is 31.5 Å². The zero-order valence-corrected chi connectivity index (χ0v) is 20.3. The highest BCUT2D eigenvalue weighted by Crippen LogP contribution is 2.31. The van der Waals surface area contributed by atoms with E-state index in [4.69, 9.17) is 22.1 Å². The number of ketones is 1. The number of Topliss-reactive ketones (excluding diaryl/α,β-unsaturated/α-hetero) is 1. The van der Waals surface area contributed by atoms with Crippen molar-refractivity contribution in [2.75, 3.05) is 18.1 Å². The first kappa shape index (κ1) is 25.0. The topological polar surface area (TPSA) is 98.3 Å². The number of carbonyl (C=O) groups excluding carboxylic acids is 1. The summed E-state index contributed by atoms with van der Waals surface area (Å²) in [5, 5.41) is 11.5. The fourth-order valence-corrected chi connectivity index (χ4v) is 4.14. The first-order valence-corrected chi connectivity index (χ1v) is 12.2. The molecule has 3 aromatic rings. The van der Waals surface area contributed by atoms with Crippen molar-refractivity contribution < 1.29 is 14.6 Å². The van der Waals surface area contributed by atoms with E-state index in [0.29, 0.717) is 46.8 Å². The Hall–Kier alpha value is -2.61. The number of ether oxygens (including phenoxy) is 1. The highest BCUT2D eigenvalue weighted by Gasteiger charge is 2.15. The molecule has 0 radical (unpaired) electrons. The van der Waals surface area contributed by atoms with Crippen molar-refractivity contribution in [2.24, 2.45) is 0 Å². The number of nitrogen functional groups attached to an aromatic ring is 1. The fraction of sp³-hybridized carbons (Fsp3) is 0.320. The molecule has 0 saturated heterocycles. The Labute approximate surface area is 203 Å². The van der Waals surface area contributed by atoms with Gasteiger partial charge in [0, 0.05) is 22.8 Å². The Kier molecular flexibility index (Phi) is 9.11. The van der Waals surface area contributed by atoms with Gasteiger partial charge in [-0.1, -0.05) is 54.6 Å². The Balaban J connectivity index is 1.55. The molecule has 0 amide bonds. The van der Waals surface area contributed by atoms with Crippen molar-refractivity contribution in [3.63, 3.8) is 0 Å². The summed E-state index contributed by atoms with van der Waals surface area (Å²) >= 11 is 7.33. The molecule has 33 heavy (non-hydrogen) atoms. The first-order valence-electron chi connectivity index (χ1n) is 10.8. The molecule has 8 heteroatoms. The molecule has 0 aliphatic rings. The van der Waals surface area contributed by atoms with E-state index in [0.717, 1.165) is 22.4 Å². The Morgan fingerprint density at radius 3 is 2.48 bits per heavy atom. The number of nitrogens with two attached hydrogens (primary N) is 1. The van der Waals surface area contributed by atoms with Crippen molar-refractivity contribution >= 4 is 35.0 Å². The minimum atomic E-state index is -0.696. The van der Waals surface area contributed by atoms with Crippen LogP contribution in [0.3, 0.4) is 0 Å². The minimum Gasteiger partial charge on any atom is -0.491 e. The summed E-state index contributed by atoms with van der Waals surface area (Å²) < 4.78 is 5.69. The third-order valence-corrected chi connectivity index (χ3v) is 6.24. The molecule has 1 aromatic heterocycles. The summed E-state index contributed by atoms with van der Waals surface area (Å²) in [6, 6.07) is 15.0. The highest BCUT2D eigenvalue weighted by atomic mass is 35.5. The lowest BCUT2D eigenvalue weighted by molar-refractivity contribution is -0.116. The summed E-state index contributed by atoms with van der Waals surface area (Å²) in [7, 11) is 0. The van der Waals surface area contributed by atoms with E-state index in [-0.39, 0.29) is 12.4 Å². The normalized spacial score (nSPS) is 11.9. The van der Waals surface area contributed by atoms with Gasteiger partial charge in [-0.2, -0.15) is 0 Å². The third kappa shape index (κ3) is 7.45. The van der Waals surface area contributed by atoms with E-state index in [9.17, 15) is 9.90 Å². The Morgan fingerprint density at radius 1 is 1.15 bits per heavy atom. The van der Waals surface area contributed by atoms with Gasteiger partial charge in [0.2, 0.25) is 0 Å². The van der Waals surface area contributed by atoms with Gasteiger partial charge in [0.15, 0.2) is 5.16 Å². The number of hydrogen-bond donors (Lipinski definition) is 2. The van der Waals surface area contributed by atoms with Crippen molar-refractivity contribution in [3.05, 3.63) is 64.8 Å². The number of aliphatic hydroxyl groups is 1. The first-order chi connectivity index (χ1) is 15.9. The van der Waals surface area contributed by atoms with Crippen LogP contribution in [0.15, 0.2) is 53.7 Å². The second-order valence-corrected chi connectivity index (χ2v) is 9.12. The summed E-state index contributed by atoms with van der Waals surface area (Å²) in [6.07, 6.45) is 1.25. The van der Waals surface area contributed by atoms with Gasteiger partial charge in [-0.05, 0) is 55.2 Å². The zero-order valence-electron chi connectivity index (χ0n) is 18.8. The average Bonchev–Trinajstić information content (AvgIpc) is 2.81. The Bertz CT molecular complexity index is 1080. The molecule has 0 spiro atoms. The molecule has 0 aliphatic heterocycles. The molecule has 1 heterocycles. The summed E-state index contributed by atoms with van der Waals surface area (Å²) in [4.78, 5) is 20.2. The quantitative estimate of drug-likeness (QED) is 0.291. The van der Waals surface area contributed by atoms with Crippen LogP contribution < -0.4 is 10.5 Å². The number of aryl methyl sites for hydroxylation is 2. The van der Waals surface area contributed by atoms with Gasteiger partial charge < -0.3 is 20.4 Å². The largest absolute Gasteiger partial charge is 0.491 e. The smallest absolute Gasteiger partial charge is 0.189 e. The zero-order chi connectivity index (χ0) is 23.8. The number of hydrogen-bond acceptors (Lipinski definition) is 7. The van der Waals surface area contributed by atoms with Crippen molar-refractivity contribution in [1.82, 2.24) is 9.97 Å². The predicted molar refractivity (Wildman–Crippen MR) is 134 cm³/mol. The van der Waals surface area contributed by atoms with Crippen LogP contribution >= 0.6 is 23.4 Å². The monoisotopic (exact) mass is 485 g/mol. The second kappa shape index (κ2) is 12.0. The number of benzene rings is 2. The summed E-state index contributed by atoms with van der Waals surface area (Å²) in [5.41, 5.74) is 9.92. The van der Waals surface area contributed by atoms with Crippen molar-refractivity contribution in [1.29, 1.82) is 0 Å². The molecule has 3 rings (SSSR count). The summed E-state index contributed by atoms with van der Waals surface area (Å²) in [6.45, 7) is 3.76. The maximum atomic E-state index is 11.1. The Morgan fingerprint density at radius 2 is 1.85 bits per heavy atom. The molecule has 2 aromatic carbocycles. The molecule has 6 nitrogen and oxygen atoms in total. The standard InChI is InChI=1S/C25H28ClN3O3S/c1-3-22-23(18-8-10-19(26)11-9-18)24(27)29-25(28-22)33-15-20(31)14-32-21-12-6-17(7-13-21)5-4-16(2)30/h6-13,20,31H,3-5,14-15H2,1-2H3,(H2,27,28,29). The van der Waals surface area contributed by atoms with E-state index in [2.05, 4.69) is 9.97 Å². The van der Waals surface area contributed by atoms with E-state index in [1.165, 1.54) is 11.8 Å². The maximum absolute atomic E-state index is 11.1. The van der Waals surface area contributed by atoms with Crippen molar-refractivity contribution in [3.8, 4) is 16.9 Å². The maximum Gasteiger partial charge on any atom is 0.189 e. The number of aliphatic hydroxyl groups excluding tert-OH is 1. The molecule has 3 N–H and O–H groups in total. The number of halogens is 1. The third-order valence-electron chi connectivity index (χ3n) is 5.00. The second-order valence-electron chi connectivity index (χ2n) is 7.70. The number of anilines is 1. The van der Waals surface area contributed by atoms with Gasteiger partial charge in [-0.15, -0.1) is 0 Å². The molecule has 1 unspecified atom stereocenters. The molecule has 0 bridgehead atoms. The predicted octanol–water partition coefficient (Wildman–Crippen LogP) is 5.00. The van der Waals surface area contributed by atoms with Gasteiger partial charge in [0.05, 0.1) is 11.8 Å². The van der Waals surface area contributed by atoms with Crippen LogP contribution in [0.4, 0.5) is 5.82 Å². The van der Waals surface area contributed by atoms with E-state index in [1.54, 1.807) is 6.92 Å². The number of rotatable bonds is 11. The van der Waals surface area contributed by atoms with E-state index < -0.39 is 6.10 Å². The number of thioether (sulfide) groups is 1. The lowest BCUT2D eigenvalue weighted by Gasteiger charge is -2.14. The minimum absolute atomic E-state index is 0.152. The molecule has 0 fully saturated rings. The molecule has 174 valence electrons. The van der Waals surface area contributed by atoms with Crippen LogP contribution in [0.25, 0.3) is 11.1 Å². The number of aromatic nitrogens is 2. The molecule has 1 atom stereocenters. The average molecular weight is 486 g/mol. The molecule has 0 saturated carbocycles. The van der Waals surface area contributed by atoms with Crippen LogP contribution in [0, 0.1) is 0 Å². The number of nitrogens with zero attached hydrogens (tertiary/aromatic N) is 2. The molecular weight excluding hydrogens is 458 g/mol. The lowest BCUT2D eigenvalue weighted by atomic mass is 10.0. The van der Waals surface area contributed by atoms with Crippen LogP contribution in [0.5, 0.6) is 5.75 Å². The SMILES string of the molecule is CCc1nc(SCC(O)COc2ccc(CCC(C)=O)cc2)nc(N)c1-c1ccc(Cl)cc1. The molecular formula is C25H28ClN3O3S. The van der Waals surface area contributed by atoms with Gasteiger partial charge >= 0.3 is 0 Å². The summed E-state index contributed by atoms with van der Waals surface area (Å²) in [5.74, 6) is 1.63. The van der Waals surface area contributed by atoms with Crippen LogP contribution in [0.2, 0.25) is 5.02 Å². The van der Waals surface area contributed by atoms with Crippen LogP contribution in [-0.4, -0.2) is 39.3 Å².